The molecule has 98 valence electrons. The van der Waals surface area contributed by atoms with E-state index >= 15 is 0 Å². The van der Waals surface area contributed by atoms with Crippen LogP contribution in [0.25, 0.3) is 11.1 Å². The third-order valence-corrected chi connectivity index (χ3v) is 4.03. The summed E-state index contributed by atoms with van der Waals surface area (Å²) in [7, 11) is 0. The van der Waals surface area contributed by atoms with Gasteiger partial charge in [0.05, 0.1) is 15.1 Å². The van der Waals surface area contributed by atoms with E-state index in [2.05, 4.69) is 0 Å². The molecule has 0 N–H and O–H groups in total. The Morgan fingerprint density at radius 2 is 1.58 bits per heavy atom. The monoisotopic (exact) mass is 332 g/mol. The lowest BCUT2D eigenvalue weighted by molar-refractivity contribution is -0.107. The molecule has 0 saturated carbocycles. The minimum absolute atomic E-state index is 0.256. The number of rotatable bonds is 3. The van der Waals surface area contributed by atoms with E-state index in [-0.39, 0.29) is 6.42 Å². The van der Waals surface area contributed by atoms with Gasteiger partial charge in [0.15, 0.2) is 0 Å². The summed E-state index contributed by atoms with van der Waals surface area (Å²) in [6, 6.07) is 8.57. The first kappa shape index (κ1) is 14.7. The molecule has 1 nitrogen and oxygen atoms in total. The van der Waals surface area contributed by atoms with Gasteiger partial charge in [-0.2, -0.15) is 0 Å². The maximum atomic E-state index is 10.8. The van der Waals surface area contributed by atoms with Crippen molar-refractivity contribution in [1.29, 1.82) is 0 Å². The SMILES string of the molecule is O=CCc1cccc(Cl)c1-c1cc(Cl)c(Cl)cc1Cl. The predicted octanol–water partition coefficient (Wildman–Crippen LogP) is 5.71. The van der Waals surface area contributed by atoms with Crippen LogP contribution in [0.2, 0.25) is 20.1 Å². The summed E-state index contributed by atoms with van der Waals surface area (Å²) in [6.45, 7) is 0. The van der Waals surface area contributed by atoms with Crippen molar-refractivity contribution in [2.24, 2.45) is 0 Å². The van der Waals surface area contributed by atoms with Crippen LogP contribution in [0.15, 0.2) is 30.3 Å². The number of halogens is 4. The average molecular weight is 334 g/mol. The second-order valence-corrected chi connectivity index (χ2v) is 5.52. The van der Waals surface area contributed by atoms with Crippen LogP contribution in [0.1, 0.15) is 5.56 Å². The molecular weight excluding hydrogens is 326 g/mol. The highest BCUT2D eigenvalue weighted by Gasteiger charge is 2.14. The van der Waals surface area contributed by atoms with Crippen LogP contribution >= 0.6 is 46.4 Å². The maximum Gasteiger partial charge on any atom is 0.124 e. The van der Waals surface area contributed by atoms with Gasteiger partial charge in [0.2, 0.25) is 0 Å². The molecule has 0 heterocycles. The number of benzene rings is 2. The van der Waals surface area contributed by atoms with E-state index < -0.39 is 0 Å². The molecule has 2 aromatic carbocycles. The number of aldehydes is 1. The van der Waals surface area contributed by atoms with Gasteiger partial charge in [-0.05, 0) is 23.8 Å². The summed E-state index contributed by atoms with van der Waals surface area (Å²) < 4.78 is 0. The standard InChI is InChI=1S/C14H8Cl4O/c15-10-3-1-2-8(4-5-19)14(10)9-6-12(17)13(18)7-11(9)16/h1-3,5-7H,4H2. The van der Waals surface area contributed by atoms with Gasteiger partial charge in [-0.15, -0.1) is 0 Å². The molecule has 0 amide bonds. The molecule has 2 aromatic rings. The summed E-state index contributed by atoms with van der Waals surface area (Å²) in [5.41, 5.74) is 2.17. The van der Waals surface area contributed by atoms with E-state index in [1.807, 2.05) is 6.07 Å². The van der Waals surface area contributed by atoms with Gasteiger partial charge in [-0.3, -0.25) is 0 Å². The first-order valence-electron chi connectivity index (χ1n) is 5.40. The van der Waals surface area contributed by atoms with Crippen molar-refractivity contribution in [3.63, 3.8) is 0 Å². The zero-order valence-corrected chi connectivity index (χ0v) is 12.6. The third-order valence-electron chi connectivity index (χ3n) is 2.68. The van der Waals surface area contributed by atoms with E-state index in [9.17, 15) is 4.79 Å². The van der Waals surface area contributed by atoms with Gasteiger partial charge in [-0.1, -0.05) is 58.5 Å². The summed E-state index contributed by atoms with van der Waals surface area (Å²) in [4.78, 5) is 10.8. The Balaban J connectivity index is 2.71. The van der Waals surface area contributed by atoms with Gasteiger partial charge in [-0.25, -0.2) is 0 Å². The number of hydrogen-bond donors (Lipinski definition) is 0. The van der Waals surface area contributed by atoms with Crippen molar-refractivity contribution in [1.82, 2.24) is 0 Å². The van der Waals surface area contributed by atoms with Crippen molar-refractivity contribution in [3.8, 4) is 11.1 Å². The Kier molecular flexibility index (Phi) is 4.75. The van der Waals surface area contributed by atoms with Gasteiger partial charge in [0.1, 0.15) is 6.29 Å². The van der Waals surface area contributed by atoms with Gasteiger partial charge < -0.3 is 4.79 Å². The van der Waals surface area contributed by atoms with Crippen LogP contribution in [0.3, 0.4) is 0 Å². The first-order valence-corrected chi connectivity index (χ1v) is 6.91. The lowest BCUT2D eigenvalue weighted by Crippen LogP contribution is -1.93. The second kappa shape index (κ2) is 6.15. The molecule has 5 heteroatoms. The molecule has 0 spiro atoms. The van der Waals surface area contributed by atoms with Crippen molar-refractivity contribution < 1.29 is 4.79 Å². The molecule has 0 unspecified atom stereocenters. The first-order chi connectivity index (χ1) is 9.04. The van der Waals surface area contributed by atoms with Crippen molar-refractivity contribution in [3.05, 3.63) is 56.0 Å². The second-order valence-electron chi connectivity index (χ2n) is 3.89. The van der Waals surface area contributed by atoms with E-state index in [0.29, 0.717) is 31.2 Å². The lowest BCUT2D eigenvalue weighted by atomic mass is 9.98. The van der Waals surface area contributed by atoms with E-state index in [4.69, 9.17) is 46.4 Å². The van der Waals surface area contributed by atoms with Crippen LogP contribution in [0, 0.1) is 0 Å². The number of carbonyl (C=O) groups excluding carboxylic acids is 1. The fourth-order valence-corrected chi connectivity index (χ4v) is 2.78. The molecule has 0 fully saturated rings. The Morgan fingerprint density at radius 3 is 2.26 bits per heavy atom. The summed E-state index contributed by atoms with van der Waals surface area (Å²) in [6.07, 6.45) is 1.08. The molecule has 0 aliphatic carbocycles. The highest BCUT2D eigenvalue weighted by Crippen LogP contribution is 2.40. The van der Waals surface area contributed by atoms with Crippen LogP contribution in [0.5, 0.6) is 0 Å². The molecular formula is C14H8Cl4O. The highest BCUT2D eigenvalue weighted by molar-refractivity contribution is 6.44. The molecule has 0 bridgehead atoms. The third kappa shape index (κ3) is 3.06. The minimum atomic E-state index is 0.256. The van der Waals surface area contributed by atoms with Crippen LogP contribution in [-0.4, -0.2) is 6.29 Å². The Hall–Kier alpha value is -0.730. The van der Waals surface area contributed by atoms with Crippen LogP contribution in [0.4, 0.5) is 0 Å². The number of carbonyl (C=O) groups is 1. The molecule has 2 rings (SSSR count). The van der Waals surface area contributed by atoms with Crippen LogP contribution < -0.4 is 0 Å². The number of hydrogen-bond acceptors (Lipinski definition) is 1. The smallest absolute Gasteiger partial charge is 0.124 e. The Labute approximate surface area is 131 Å². The Bertz CT molecular complexity index is 638. The normalized spacial score (nSPS) is 10.5. The molecule has 0 aromatic heterocycles. The molecule has 0 aliphatic heterocycles. The summed E-state index contributed by atoms with van der Waals surface area (Å²) in [5.74, 6) is 0. The maximum absolute atomic E-state index is 10.8. The summed E-state index contributed by atoms with van der Waals surface area (Å²) >= 11 is 24.3. The van der Waals surface area contributed by atoms with Gasteiger partial charge >= 0.3 is 0 Å². The minimum Gasteiger partial charge on any atom is -0.303 e. The van der Waals surface area contributed by atoms with E-state index in [0.717, 1.165) is 11.8 Å². The summed E-state index contributed by atoms with van der Waals surface area (Å²) in [5, 5.41) is 1.71. The molecule has 0 aliphatic rings. The molecule has 19 heavy (non-hydrogen) atoms. The van der Waals surface area contributed by atoms with Crippen LogP contribution in [-0.2, 0) is 11.2 Å². The van der Waals surface area contributed by atoms with Crippen molar-refractivity contribution in [2.75, 3.05) is 0 Å². The van der Waals surface area contributed by atoms with Crippen molar-refractivity contribution in [2.45, 2.75) is 6.42 Å². The molecule has 0 radical (unpaired) electrons. The van der Waals surface area contributed by atoms with Gasteiger partial charge in [0.25, 0.3) is 0 Å². The fraction of sp³-hybridized carbons (Fsp3) is 0.0714. The average Bonchev–Trinajstić information content (AvgIpc) is 2.35. The van der Waals surface area contributed by atoms with Gasteiger partial charge in [0, 0.05) is 22.6 Å². The zero-order chi connectivity index (χ0) is 14.0. The topological polar surface area (TPSA) is 17.1 Å². The fourth-order valence-electron chi connectivity index (χ4n) is 1.84. The predicted molar refractivity (Wildman–Crippen MR) is 81.7 cm³/mol. The highest BCUT2D eigenvalue weighted by atomic mass is 35.5. The quantitative estimate of drug-likeness (QED) is 0.519. The molecule has 0 saturated heterocycles. The van der Waals surface area contributed by atoms with E-state index in [1.165, 1.54) is 0 Å². The van der Waals surface area contributed by atoms with Crippen molar-refractivity contribution >= 4 is 52.7 Å². The lowest BCUT2D eigenvalue weighted by Gasteiger charge is -2.12. The van der Waals surface area contributed by atoms with E-state index in [1.54, 1.807) is 24.3 Å². The zero-order valence-electron chi connectivity index (χ0n) is 9.59. The molecule has 0 atom stereocenters. The Morgan fingerprint density at radius 1 is 0.895 bits per heavy atom. The largest absolute Gasteiger partial charge is 0.303 e.